The van der Waals surface area contributed by atoms with Gasteiger partial charge in [-0.25, -0.2) is 4.98 Å². The highest BCUT2D eigenvalue weighted by molar-refractivity contribution is 5.74. The molecule has 1 aliphatic heterocycles. The molecule has 0 bridgehead atoms. The molecule has 22 heavy (non-hydrogen) atoms. The van der Waals surface area contributed by atoms with E-state index < -0.39 is 0 Å². The van der Waals surface area contributed by atoms with Crippen molar-refractivity contribution in [2.75, 3.05) is 6.54 Å². The number of hydrogen-bond acceptors (Lipinski definition) is 3. The summed E-state index contributed by atoms with van der Waals surface area (Å²) < 4.78 is 5.69. The maximum absolute atomic E-state index is 11.6. The van der Waals surface area contributed by atoms with Gasteiger partial charge in [-0.05, 0) is 24.0 Å². The molecule has 3 rings (SSSR count). The molecule has 0 spiro atoms. The molecule has 1 aromatic carbocycles. The number of aromatic nitrogens is 1. The minimum Gasteiger partial charge on any atom is -0.473 e. The third-order valence-electron chi connectivity index (χ3n) is 4.03. The number of benzene rings is 1. The molecule has 0 aliphatic carbocycles. The first kappa shape index (κ1) is 14.6. The highest BCUT2D eigenvalue weighted by atomic mass is 16.5. The minimum atomic E-state index is 0.131. The van der Waals surface area contributed by atoms with Gasteiger partial charge in [0.2, 0.25) is 11.8 Å². The summed E-state index contributed by atoms with van der Waals surface area (Å²) in [7, 11) is 0. The third-order valence-corrected chi connectivity index (χ3v) is 4.03. The summed E-state index contributed by atoms with van der Waals surface area (Å²) in [4.78, 5) is 17.9. The van der Waals surface area contributed by atoms with Gasteiger partial charge in [-0.3, -0.25) is 4.79 Å². The highest BCUT2D eigenvalue weighted by Gasteiger charge is 2.27. The van der Waals surface area contributed by atoms with E-state index in [1.165, 1.54) is 0 Å². The number of hydrogen-bond donors (Lipinski definition) is 0. The van der Waals surface area contributed by atoms with Crippen LogP contribution in [0.4, 0.5) is 0 Å². The van der Waals surface area contributed by atoms with Crippen LogP contribution in [0.1, 0.15) is 36.9 Å². The van der Waals surface area contributed by atoms with E-state index >= 15 is 0 Å². The highest BCUT2D eigenvalue weighted by Crippen LogP contribution is 2.31. The topological polar surface area (TPSA) is 42.4 Å². The van der Waals surface area contributed by atoms with Crippen molar-refractivity contribution in [3.63, 3.8) is 0 Å². The summed E-state index contributed by atoms with van der Waals surface area (Å²) in [6.45, 7) is 2.98. The largest absolute Gasteiger partial charge is 0.473 e. The second kappa shape index (κ2) is 6.60. The van der Waals surface area contributed by atoms with Crippen molar-refractivity contribution < 1.29 is 9.53 Å². The lowest BCUT2D eigenvalue weighted by Crippen LogP contribution is -2.28. The van der Waals surface area contributed by atoms with Crippen molar-refractivity contribution in [3.8, 4) is 5.88 Å². The number of ether oxygens (including phenoxy) is 1. The summed E-state index contributed by atoms with van der Waals surface area (Å²) in [5, 5.41) is 0. The monoisotopic (exact) mass is 296 g/mol. The molecule has 1 aromatic heterocycles. The van der Waals surface area contributed by atoms with Gasteiger partial charge in [0, 0.05) is 25.7 Å². The lowest BCUT2D eigenvalue weighted by atomic mass is 10.1. The van der Waals surface area contributed by atoms with Crippen LogP contribution in [0.5, 0.6) is 5.88 Å². The molecular weight excluding hydrogens is 276 g/mol. The van der Waals surface area contributed by atoms with Crippen molar-refractivity contribution in [1.29, 1.82) is 0 Å². The first-order valence-electron chi connectivity index (χ1n) is 7.64. The van der Waals surface area contributed by atoms with Crippen LogP contribution >= 0.6 is 0 Å². The van der Waals surface area contributed by atoms with Crippen molar-refractivity contribution in [2.45, 2.75) is 32.4 Å². The lowest BCUT2D eigenvalue weighted by molar-refractivity contribution is -0.129. The predicted molar refractivity (Wildman–Crippen MR) is 84.4 cm³/mol. The number of carbonyl (C=O) groups is 1. The van der Waals surface area contributed by atoms with Crippen LogP contribution in [0.3, 0.4) is 0 Å². The van der Waals surface area contributed by atoms with E-state index in [9.17, 15) is 4.79 Å². The first-order valence-corrected chi connectivity index (χ1v) is 7.64. The molecule has 1 aliphatic rings. The Morgan fingerprint density at radius 1 is 1.27 bits per heavy atom. The molecular formula is C18H20N2O2. The Kier molecular flexibility index (Phi) is 4.37. The summed E-state index contributed by atoms with van der Waals surface area (Å²) in [5.41, 5.74) is 2.20. The molecule has 1 amide bonds. The van der Waals surface area contributed by atoms with Crippen LogP contribution in [-0.2, 0) is 11.4 Å². The smallest absolute Gasteiger partial charge is 0.219 e. The molecule has 1 saturated heterocycles. The molecule has 0 saturated carbocycles. The van der Waals surface area contributed by atoms with Crippen LogP contribution in [0, 0.1) is 0 Å². The standard InChI is InChI=1S/C18H20N2O2/c1-14(21)20-11-5-8-17(20)16-9-10-18(19-12-16)22-13-15-6-3-2-4-7-15/h2-4,6-7,9-10,12,17H,5,8,11,13H2,1H3/t17-/m0/s1. The van der Waals surface area contributed by atoms with Gasteiger partial charge in [-0.1, -0.05) is 36.4 Å². The van der Waals surface area contributed by atoms with Gasteiger partial charge in [-0.2, -0.15) is 0 Å². The van der Waals surface area contributed by atoms with Crippen LogP contribution < -0.4 is 4.74 Å². The van der Waals surface area contributed by atoms with Crippen LogP contribution in [0.2, 0.25) is 0 Å². The Morgan fingerprint density at radius 2 is 2.09 bits per heavy atom. The Morgan fingerprint density at radius 3 is 2.77 bits per heavy atom. The Hall–Kier alpha value is -2.36. The van der Waals surface area contributed by atoms with E-state index in [4.69, 9.17) is 4.74 Å². The number of pyridine rings is 1. The molecule has 0 unspecified atom stereocenters. The summed E-state index contributed by atoms with van der Waals surface area (Å²) in [6, 6.07) is 14.1. The van der Waals surface area contributed by atoms with E-state index in [0.717, 1.165) is 30.5 Å². The fraction of sp³-hybridized carbons (Fsp3) is 0.333. The van der Waals surface area contributed by atoms with Crippen molar-refractivity contribution in [3.05, 3.63) is 59.8 Å². The molecule has 4 nitrogen and oxygen atoms in total. The van der Waals surface area contributed by atoms with Crippen LogP contribution in [0.15, 0.2) is 48.7 Å². The lowest BCUT2D eigenvalue weighted by Gasteiger charge is -2.23. The van der Waals surface area contributed by atoms with Crippen LogP contribution in [0.25, 0.3) is 0 Å². The first-order chi connectivity index (χ1) is 10.7. The average Bonchev–Trinajstić information content (AvgIpc) is 3.04. The zero-order chi connectivity index (χ0) is 15.4. The predicted octanol–water partition coefficient (Wildman–Crippen LogP) is 3.34. The van der Waals surface area contributed by atoms with Gasteiger partial charge >= 0.3 is 0 Å². The fourth-order valence-electron chi connectivity index (χ4n) is 2.90. The molecule has 114 valence electrons. The van der Waals surface area contributed by atoms with E-state index in [-0.39, 0.29) is 11.9 Å². The van der Waals surface area contributed by atoms with Gasteiger partial charge in [0.15, 0.2) is 0 Å². The van der Waals surface area contributed by atoms with E-state index in [0.29, 0.717) is 12.5 Å². The maximum atomic E-state index is 11.6. The zero-order valence-corrected chi connectivity index (χ0v) is 12.7. The van der Waals surface area contributed by atoms with E-state index in [1.807, 2.05) is 53.6 Å². The molecule has 1 atom stereocenters. The van der Waals surface area contributed by atoms with E-state index in [1.54, 1.807) is 6.92 Å². The summed E-state index contributed by atoms with van der Waals surface area (Å²) in [6.07, 6.45) is 3.88. The van der Waals surface area contributed by atoms with Gasteiger partial charge in [0.25, 0.3) is 0 Å². The molecule has 0 radical (unpaired) electrons. The van der Waals surface area contributed by atoms with Gasteiger partial charge < -0.3 is 9.64 Å². The summed E-state index contributed by atoms with van der Waals surface area (Å²) in [5.74, 6) is 0.742. The molecule has 2 heterocycles. The average molecular weight is 296 g/mol. The number of nitrogens with zero attached hydrogens (tertiary/aromatic N) is 2. The third kappa shape index (κ3) is 3.27. The fourth-order valence-corrected chi connectivity index (χ4v) is 2.90. The molecule has 0 N–H and O–H groups in total. The van der Waals surface area contributed by atoms with Crippen molar-refractivity contribution >= 4 is 5.91 Å². The Labute approximate surface area is 130 Å². The van der Waals surface area contributed by atoms with Gasteiger partial charge in [-0.15, -0.1) is 0 Å². The second-order valence-electron chi connectivity index (χ2n) is 5.57. The van der Waals surface area contributed by atoms with Gasteiger partial charge in [0.05, 0.1) is 6.04 Å². The summed E-state index contributed by atoms with van der Waals surface area (Å²) >= 11 is 0. The normalized spacial score (nSPS) is 17.5. The number of rotatable bonds is 4. The molecule has 4 heteroatoms. The second-order valence-corrected chi connectivity index (χ2v) is 5.57. The van der Waals surface area contributed by atoms with Crippen molar-refractivity contribution in [1.82, 2.24) is 9.88 Å². The molecule has 1 fully saturated rings. The maximum Gasteiger partial charge on any atom is 0.219 e. The quantitative estimate of drug-likeness (QED) is 0.869. The van der Waals surface area contributed by atoms with Crippen LogP contribution in [-0.4, -0.2) is 22.3 Å². The Bertz CT molecular complexity index is 625. The Balaban J connectivity index is 1.64. The number of amides is 1. The minimum absolute atomic E-state index is 0.131. The number of likely N-dealkylation sites (tertiary alicyclic amines) is 1. The SMILES string of the molecule is CC(=O)N1CCC[C@H]1c1ccc(OCc2ccccc2)nc1. The number of carbonyl (C=O) groups excluding carboxylic acids is 1. The van der Waals surface area contributed by atoms with Crippen molar-refractivity contribution in [2.24, 2.45) is 0 Å². The molecule has 2 aromatic rings. The van der Waals surface area contributed by atoms with Gasteiger partial charge in [0.1, 0.15) is 6.61 Å². The van der Waals surface area contributed by atoms with E-state index in [2.05, 4.69) is 4.98 Å². The zero-order valence-electron chi connectivity index (χ0n) is 12.7.